The third kappa shape index (κ3) is 5.07. The van der Waals surface area contributed by atoms with Gasteiger partial charge in [-0.15, -0.1) is 0 Å². The Labute approximate surface area is 243 Å². The first-order chi connectivity index (χ1) is 20.3. The van der Waals surface area contributed by atoms with Gasteiger partial charge in [0, 0.05) is 30.9 Å². The van der Waals surface area contributed by atoms with E-state index in [2.05, 4.69) is 32.2 Å². The molecule has 5 heterocycles. The maximum Gasteiger partial charge on any atom is 0.327 e. The number of likely N-dealkylation sites (tertiary alicyclic amines) is 1. The molecule has 42 heavy (non-hydrogen) atoms. The molecule has 0 aliphatic carbocycles. The van der Waals surface area contributed by atoms with Gasteiger partial charge >= 0.3 is 12.0 Å². The van der Waals surface area contributed by atoms with E-state index in [1.807, 2.05) is 29.2 Å². The fourth-order valence-corrected chi connectivity index (χ4v) is 6.36. The van der Waals surface area contributed by atoms with Gasteiger partial charge in [-0.25, -0.2) is 9.18 Å². The minimum absolute atomic E-state index is 0.00677. The topological polar surface area (TPSA) is 113 Å². The Morgan fingerprint density at radius 3 is 2.64 bits per heavy atom. The van der Waals surface area contributed by atoms with Crippen molar-refractivity contribution in [3.05, 3.63) is 48.4 Å². The number of halogens is 1. The van der Waals surface area contributed by atoms with Crippen LogP contribution in [0.15, 0.2) is 42.6 Å². The third-order valence-electron chi connectivity index (χ3n) is 8.43. The van der Waals surface area contributed by atoms with E-state index in [1.54, 1.807) is 6.07 Å². The van der Waals surface area contributed by atoms with Crippen LogP contribution in [-0.2, 0) is 9.53 Å². The lowest BCUT2D eigenvalue weighted by molar-refractivity contribution is -0.148. The highest BCUT2D eigenvalue weighted by atomic mass is 19.1. The van der Waals surface area contributed by atoms with Crippen molar-refractivity contribution in [1.29, 1.82) is 0 Å². The second-order valence-electron chi connectivity index (χ2n) is 11.3. The van der Waals surface area contributed by atoms with Crippen molar-refractivity contribution in [3.63, 3.8) is 0 Å². The zero-order valence-electron chi connectivity index (χ0n) is 24.1. The minimum atomic E-state index is -0.853. The molecule has 2 atom stereocenters. The lowest BCUT2D eigenvalue weighted by atomic mass is 9.97. The summed E-state index contributed by atoms with van der Waals surface area (Å²) < 4.78 is 26.5. The van der Waals surface area contributed by atoms with Crippen molar-refractivity contribution in [2.45, 2.75) is 37.3 Å². The summed E-state index contributed by atoms with van der Waals surface area (Å²) in [5.41, 5.74) is -0.289. The van der Waals surface area contributed by atoms with E-state index in [-0.39, 0.29) is 35.0 Å². The SMILES string of the molecule is CN1CCCC1.COC(=O)C12CCC(CN(c3nc(OC)nc4c(F)c(-c5cc(O)cc6ccccc56)ncc34)C1)N2. The van der Waals surface area contributed by atoms with Crippen molar-refractivity contribution in [2.75, 3.05) is 52.3 Å². The Bertz CT molecular complexity index is 1650. The fourth-order valence-electron chi connectivity index (χ4n) is 6.36. The van der Waals surface area contributed by atoms with Gasteiger partial charge in [-0.3, -0.25) is 10.3 Å². The molecule has 2 bridgehead atoms. The fraction of sp³-hybridized carbons (Fsp3) is 0.419. The van der Waals surface area contributed by atoms with Crippen LogP contribution in [0.25, 0.3) is 32.9 Å². The van der Waals surface area contributed by atoms with Crippen LogP contribution in [-0.4, -0.2) is 90.0 Å². The summed E-state index contributed by atoms with van der Waals surface area (Å²) in [6, 6.07) is 10.6. The van der Waals surface area contributed by atoms with Crippen molar-refractivity contribution >= 4 is 33.5 Å². The van der Waals surface area contributed by atoms with Crippen molar-refractivity contribution in [2.24, 2.45) is 0 Å². The summed E-state index contributed by atoms with van der Waals surface area (Å²) in [5.74, 6) is -0.527. The molecule has 220 valence electrons. The molecular formula is C31H35FN6O4. The summed E-state index contributed by atoms with van der Waals surface area (Å²) in [5, 5.41) is 15.6. The molecule has 4 aromatic rings. The summed E-state index contributed by atoms with van der Waals surface area (Å²) in [7, 11) is 4.97. The standard InChI is InChI=1S/C26H24FN5O4.C5H11N/c1-35-24(34)26-8-7-15(31-26)12-32(13-26)23-19-11-28-21(20(27)22(19)29-25(30-23)36-2)18-10-16(33)9-14-5-3-4-6-17(14)18;1-6-4-2-3-5-6/h3-6,9-11,15,31,33H,7-8,12-13H2,1-2H3;2-5H2,1H3. The Hall–Kier alpha value is -4.09. The second-order valence-corrected chi connectivity index (χ2v) is 11.3. The highest BCUT2D eigenvalue weighted by Crippen LogP contribution is 2.39. The average molecular weight is 575 g/mol. The zero-order chi connectivity index (χ0) is 29.4. The summed E-state index contributed by atoms with van der Waals surface area (Å²) in [4.78, 5) is 30.3. The van der Waals surface area contributed by atoms with Crippen molar-refractivity contribution in [3.8, 4) is 23.0 Å². The van der Waals surface area contributed by atoms with E-state index in [4.69, 9.17) is 9.47 Å². The number of pyridine rings is 1. The number of nitrogens with one attached hydrogen (secondary N) is 1. The molecule has 2 aromatic carbocycles. The number of hydrogen-bond acceptors (Lipinski definition) is 10. The zero-order valence-corrected chi connectivity index (χ0v) is 24.1. The molecule has 11 heteroatoms. The number of phenolic OH excluding ortho intramolecular Hbond substituents is 1. The molecule has 3 aliphatic heterocycles. The maximum atomic E-state index is 16.1. The molecule has 0 spiro atoms. The average Bonchev–Trinajstić information content (AvgIpc) is 3.61. The Kier molecular flexibility index (Phi) is 7.54. The predicted molar refractivity (Wildman–Crippen MR) is 158 cm³/mol. The Morgan fingerprint density at radius 1 is 1.14 bits per heavy atom. The minimum Gasteiger partial charge on any atom is -0.508 e. The number of methoxy groups -OCH3 is 2. The number of fused-ring (bicyclic) bond motifs is 4. The number of aromatic hydroxyl groups is 1. The van der Waals surface area contributed by atoms with E-state index in [1.165, 1.54) is 52.4 Å². The monoisotopic (exact) mass is 574 g/mol. The molecule has 0 radical (unpaired) electrons. The molecule has 0 saturated carbocycles. The summed E-state index contributed by atoms with van der Waals surface area (Å²) >= 11 is 0. The number of piperazine rings is 1. The molecule has 3 aliphatic rings. The number of rotatable bonds is 4. The third-order valence-corrected chi connectivity index (χ3v) is 8.43. The van der Waals surface area contributed by atoms with Crippen LogP contribution in [0.3, 0.4) is 0 Å². The molecule has 0 amide bonds. The van der Waals surface area contributed by atoms with Crippen LogP contribution < -0.4 is 15.0 Å². The lowest BCUT2D eigenvalue weighted by Gasteiger charge is -2.40. The van der Waals surface area contributed by atoms with Gasteiger partial charge in [0.1, 0.15) is 28.3 Å². The van der Waals surface area contributed by atoms with Crippen LogP contribution in [0, 0.1) is 5.82 Å². The number of benzene rings is 2. The molecule has 2 unspecified atom stereocenters. The number of ether oxygens (including phenoxy) is 2. The second kappa shape index (κ2) is 11.3. The van der Waals surface area contributed by atoms with Gasteiger partial charge in [0.15, 0.2) is 5.82 Å². The number of anilines is 1. The Morgan fingerprint density at radius 2 is 1.93 bits per heavy atom. The molecular weight excluding hydrogens is 539 g/mol. The number of hydrogen-bond donors (Lipinski definition) is 2. The number of carbonyl (C=O) groups is 1. The highest BCUT2D eigenvalue weighted by molar-refractivity contribution is 6.00. The van der Waals surface area contributed by atoms with Crippen LogP contribution >= 0.6 is 0 Å². The molecule has 2 aromatic heterocycles. The summed E-state index contributed by atoms with van der Waals surface area (Å²) in [6.45, 7) is 3.53. The lowest BCUT2D eigenvalue weighted by Crippen LogP contribution is -2.64. The van der Waals surface area contributed by atoms with E-state index < -0.39 is 11.4 Å². The molecule has 2 N–H and O–H groups in total. The first-order valence-electron chi connectivity index (χ1n) is 14.2. The normalized spacial score (nSPS) is 21.8. The highest BCUT2D eigenvalue weighted by Gasteiger charge is 2.51. The van der Waals surface area contributed by atoms with Crippen molar-refractivity contribution in [1.82, 2.24) is 25.2 Å². The molecule has 10 nitrogen and oxygen atoms in total. The number of nitrogens with zero attached hydrogens (tertiary/aromatic N) is 5. The van der Waals surface area contributed by atoms with Gasteiger partial charge in [-0.05, 0) is 68.7 Å². The smallest absolute Gasteiger partial charge is 0.327 e. The van der Waals surface area contributed by atoms with Crippen LogP contribution in [0.1, 0.15) is 25.7 Å². The first kappa shape index (κ1) is 28.0. The van der Waals surface area contributed by atoms with Gasteiger partial charge in [0.05, 0.1) is 19.6 Å². The van der Waals surface area contributed by atoms with E-state index in [9.17, 15) is 9.90 Å². The molecule has 7 rings (SSSR count). The van der Waals surface area contributed by atoms with E-state index in [0.29, 0.717) is 36.3 Å². The Balaban J connectivity index is 0.000000470. The number of aromatic nitrogens is 3. The van der Waals surface area contributed by atoms with Crippen LogP contribution in [0.2, 0.25) is 0 Å². The van der Waals surface area contributed by atoms with Crippen LogP contribution in [0.5, 0.6) is 11.8 Å². The number of esters is 1. The quantitative estimate of drug-likeness (QED) is 0.348. The number of carbonyl (C=O) groups excluding carboxylic acids is 1. The summed E-state index contributed by atoms with van der Waals surface area (Å²) in [6.07, 6.45) is 5.82. The van der Waals surface area contributed by atoms with E-state index in [0.717, 1.165) is 17.2 Å². The predicted octanol–water partition coefficient (Wildman–Crippen LogP) is 3.89. The van der Waals surface area contributed by atoms with Crippen LogP contribution in [0.4, 0.5) is 10.2 Å². The number of phenols is 1. The van der Waals surface area contributed by atoms with Crippen molar-refractivity contribution < 1.29 is 23.8 Å². The van der Waals surface area contributed by atoms with Gasteiger partial charge in [0.2, 0.25) is 0 Å². The van der Waals surface area contributed by atoms with Gasteiger partial charge < -0.3 is 24.4 Å². The maximum absolute atomic E-state index is 16.1. The van der Waals surface area contributed by atoms with E-state index >= 15 is 4.39 Å². The van der Waals surface area contributed by atoms with Gasteiger partial charge in [-0.1, -0.05) is 24.3 Å². The van der Waals surface area contributed by atoms with Gasteiger partial charge in [-0.2, -0.15) is 9.97 Å². The molecule has 3 fully saturated rings. The molecule has 3 saturated heterocycles. The van der Waals surface area contributed by atoms with Gasteiger partial charge in [0.25, 0.3) is 0 Å². The largest absolute Gasteiger partial charge is 0.508 e. The first-order valence-corrected chi connectivity index (χ1v) is 14.2.